The number of nitro benzene ring substituents is 1. The Balaban J connectivity index is 1.93. The molecule has 0 saturated carbocycles. The standard InChI is InChI=1S/C20H24N4O5S/c1-20(2,3)15-7-4-13(5-8-15)11-22-19(26)23-12-14-6-9-16(18(25)29-30-21)17(10-14)24(27)28/h4-10H,11-12,21H2,1-3H3,(H2,22,23,26). The minimum atomic E-state index is -0.913. The molecule has 0 aliphatic rings. The number of hydrogen-bond acceptors (Lipinski definition) is 7. The molecule has 0 bridgehead atoms. The molecule has 0 aromatic heterocycles. The molecule has 2 amide bonds. The minimum Gasteiger partial charge on any atom is -0.371 e. The van der Waals surface area contributed by atoms with Crippen LogP contribution in [0.2, 0.25) is 0 Å². The van der Waals surface area contributed by atoms with Crippen LogP contribution >= 0.6 is 12.2 Å². The number of benzene rings is 2. The monoisotopic (exact) mass is 432 g/mol. The lowest BCUT2D eigenvalue weighted by Gasteiger charge is -2.19. The van der Waals surface area contributed by atoms with Gasteiger partial charge in [0.15, 0.2) is 0 Å². The van der Waals surface area contributed by atoms with Crippen molar-refractivity contribution in [2.75, 3.05) is 0 Å². The van der Waals surface area contributed by atoms with E-state index in [1.807, 2.05) is 24.3 Å². The van der Waals surface area contributed by atoms with Crippen LogP contribution in [0.5, 0.6) is 0 Å². The Morgan fingerprint density at radius 3 is 2.17 bits per heavy atom. The third kappa shape index (κ3) is 6.46. The molecule has 0 saturated heterocycles. The molecule has 0 fully saturated rings. The molecule has 2 rings (SSSR count). The zero-order valence-corrected chi connectivity index (χ0v) is 17.7. The van der Waals surface area contributed by atoms with Crippen LogP contribution in [0.1, 0.15) is 47.8 Å². The quantitative estimate of drug-likeness (QED) is 0.263. The zero-order valence-electron chi connectivity index (χ0n) is 16.9. The third-order valence-electron chi connectivity index (χ3n) is 4.33. The van der Waals surface area contributed by atoms with Gasteiger partial charge in [-0.15, -0.1) is 0 Å². The second-order valence-corrected chi connectivity index (χ2v) is 7.92. The van der Waals surface area contributed by atoms with Crippen molar-refractivity contribution in [2.24, 2.45) is 5.14 Å². The molecule has 160 valence electrons. The molecule has 2 aromatic rings. The van der Waals surface area contributed by atoms with E-state index in [9.17, 15) is 19.7 Å². The first-order valence-electron chi connectivity index (χ1n) is 9.08. The number of amides is 2. The molecule has 0 radical (unpaired) electrons. The van der Waals surface area contributed by atoms with Crippen molar-refractivity contribution in [2.45, 2.75) is 39.3 Å². The number of carbonyl (C=O) groups is 2. The number of nitro groups is 1. The van der Waals surface area contributed by atoms with Gasteiger partial charge < -0.3 is 14.8 Å². The first-order valence-corrected chi connectivity index (χ1v) is 9.88. The summed E-state index contributed by atoms with van der Waals surface area (Å²) in [5, 5.41) is 21.6. The van der Waals surface area contributed by atoms with E-state index in [2.05, 4.69) is 35.6 Å². The second-order valence-electron chi connectivity index (χ2n) is 7.56. The van der Waals surface area contributed by atoms with E-state index < -0.39 is 22.6 Å². The van der Waals surface area contributed by atoms with Crippen molar-refractivity contribution in [3.63, 3.8) is 0 Å². The van der Waals surface area contributed by atoms with E-state index in [-0.39, 0.29) is 17.5 Å². The zero-order chi connectivity index (χ0) is 22.3. The average molecular weight is 433 g/mol. The molecule has 4 N–H and O–H groups in total. The smallest absolute Gasteiger partial charge is 0.358 e. The predicted molar refractivity (Wildman–Crippen MR) is 115 cm³/mol. The Morgan fingerprint density at radius 1 is 1.07 bits per heavy atom. The molecule has 0 aliphatic carbocycles. The summed E-state index contributed by atoms with van der Waals surface area (Å²) in [5.41, 5.74) is 2.03. The first kappa shape index (κ1) is 23.2. The molecule has 30 heavy (non-hydrogen) atoms. The Hall–Kier alpha value is -3.11. The fraction of sp³-hybridized carbons (Fsp3) is 0.300. The molecular formula is C20H24N4O5S. The highest BCUT2D eigenvalue weighted by molar-refractivity contribution is 7.92. The summed E-state index contributed by atoms with van der Waals surface area (Å²) in [6, 6.07) is 11.5. The molecular weight excluding hydrogens is 408 g/mol. The van der Waals surface area contributed by atoms with Crippen LogP contribution in [0.25, 0.3) is 0 Å². The lowest BCUT2D eigenvalue weighted by molar-refractivity contribution is -0.385. The van der Waals surface area contributed by atoms with Gasteiger partial charge in [0.1, 0.15) is 17.8 Å². The number of rotatable bonds is 7. The van der Waals surface area contributed by atoms with Crippen LogP contribution in [0.15, 0.2) is 42.5 Å². The Morgan fingerprint density at radius 2 is 1.63 bits per heavy atom. The molecule has 9 nitrogen and oxygen atoms in total. The lowest BCUT2D eigenvalue weighted by atomic mass is 9.87. The van der Waals surface area contributed by atoms with Gasteiger partial charge in [-0.25, -0.2) is 14.7 Å². The summed E-state index contributed by atoms with van der Waals surface area (Å²) in [6.45, 7) is 6.79. The Kier molecular flexibility index (Phi) is 7.79. The first-order chi connectivity index (χ1) is 14.1. The van der Waals surface area contributed by atoms with Gasteiger partial charge in [-0.3, -0.25) is 10.1 Å². The SMILES string of the molecule is CC(C)(C)c1ccc(CNC(=O)NCc2ccc(C(=O)OSN)c([N+](=O)[O-])c2)cc1. The number of carbonyl (C=O) groups excluding carboxylic acids is 2. The van der Waals surface area contributed by atoms with Crippen LogP contribution in [0.3, 0.4) is 0 Å². The maximum atomic E-state index is 12.0. The number of urea groups is 1. The Bertz CT molecular complexity index is 926. The fourth-order valence-corrected chi connectivity index (χ4v) is 2.83. The van der Waals surface area contributed by atoms with Gasteiger partial charge in [-0.1, -0.05) is 51.1 Å². The normalized spacial score (nSPS) is 10.9. The van der Waals surface area contributed by atoms with Crippen molar-refractivity contribution < 1.29 is 18.7 Å². The fourth-order valence-electron chi connectivity index (χ4n) is 2.65. The second kappa shape index (κ2) is 10.1. The topological polar surface area (TPSA) is 137 Å². The van der Waals surface area contributed by atoms with E-state index in [4.69, 9.17) is 5.14 Å². The Labute approximate surface area is 178 Å². The summed E-state index contributed by atoms with van der Waals surface area (Å²) in [4.78, 5) is 34.3. The van der Waals surface area contributed by atoms with E-state index in [0.29, 0.717) is 24.3 Å². The van der Waals surface area contributed by atoms with Gasteiger partial charge in [0.05, 0.1) is 4.92 Å². The van der Waals surface area contributed by atoms with Crippen LogP contribution in [0, 0.1) is 10.1 Å². The summed E-state index contributed by atoms with van der Waals surface area (Å²) < 4.78 is 4.53. The van der Waals surface area contributed by atoms with Crippen molar-refractivity contribution in [1.82, 2.24) is 10.6 Å². The van der Waals surface area contributed by atoms with Gasteiger partial charge >= 0.3 is 12.0 Å². The molecule has 0 unspecified atom stereocenters. The molecule has 2 aromatic carbocycles. The predicted octanol–water partition coefficient (Wildman–Crippen LogP) is 3.57. The maximum Gasteiger partial charge on any atom is 0.358 e. The van der Waals surface area contributed by atoms with Crippen molar-refractivity contribution in [3.8, 4) is 0 Å². The van der Waals surface area contributed by atoms with Crippen molar-refractivity contribution in [3.05, 3.63) is 74.8 Å². The number of nitrogens with one attached hydrogen (secondary N) is 2. The van der Waals surface area contributed by atoms with E-state index in [0.717, 1.165) is 5.56 Å². The third-order valence-corrected chi connectivity index (χ3v) is 4.58. The molecule has 0 atom stereocenters. The van der Waals surface area contributed by atoms with Crippen LogP contribution < -0.4 is 15.8 Å². The van der Waals surface area contributed by atoms with Gasteiger partial charge in [-0.2, -0.15) is 0 Å². The van der Waals surface area contributed by atoms with Gasteiger partial charge in [0.2, 0.25) is 0 Å². The largest absolute Gasteiger partial charge is 0.371 e. The van der Waals surface area contributed by atoms with Crippen molar-refractivity contribution >= 4 is 29.9 Å². The molecule has 0 spiro atoms. The van der Waals surface area contributed by atoms with Gasteiger partial charge in [0, 0.05) is 19.2 Å². The number of hydrogen-bond donors (Lipinski definition) is 3. The molecule has 10 heteroatoms. The van der Waals surface area contributed by atoms with Gasteiger partial charge in [0.25, 0.3) is 5.69 Å². The van der Waals surface area contributed by atoms with Crippen LogP contribution in [0.4, 0.5) is 10.5 Å². The summed E-state index contributed by atoms with van der Waals surface area (Å²) in [7, 11) is 0. The van der Waals surface area contributed by atoms with Crippen LogP contribution in [-0.2, 0) is 22.7 Å². The summed E-state index contributed by atoms with van der Waals surface area (Å²) in [5.74, 6) is -0.913. The highest BCUT2D eigenvalue weighted by atomic mass is 32.2. The number of nitrogens with zero attached hydrogens (tertiary/aromatic N) is 1. The van der Waals surface area contributed by atoms with Crippen molar-refractivity contribution in [1.29, 1.82) is 0 Å². The summed E-state index contributed by atoms with van der Waals surface area (Å²) in [6.07, 6.45) is 0. The maximum absolute atomic E-state index is 12.0. The molecule has 0 heterocycles. The lowest BCUT2D eigenvalue weighted by Crippen LogP contribution is -2.34. The van der Waals surface area contributed by atoms with E-state index in [1.54, 1.807) is 0 Å². The van der Waals surface area contributed by atoms with E-state index in [1.165, 1.54) is 23.8 Å². The van der Waals surface area contributed by atoms with Gasteiger partial charge in [-0.05, 0) is 28.2 Å². The van der Waals surface area contributed by atoms with E-state index >= 15 is 0 Å². The highest BCUT2D eigenvalue weighted by Crippen LogP contribution is 2.23. The van der Waals surface area contributed by atoms with Crippen LogP contribution in [-0.4, -0.2) is 16.9 Å². The highest BCUT2D eigenvalue weighted by Gasteiger charge is 2.22. The molecule has 0 aliphatic heterocycles. The average Bonchev–Trinajstić information content (AvgIpc) is 2.70. The number of nitrogens with two attached hydrogens (primary N) is 1. The summed E-state index contributed by atoms with van der Waals surface area (Å²) >= 11 is 0.311. The minimum absolute atomic E-state index is 0.0522.